The average molecular weight is 579 g/mol. The third-order valence-corrected chi connectivity index (χ3v) is 8.44. The Kier molecular flexibility index (Phi) is 8.39. The summed E-state index contributed by atoms with van der Waals surface area (Å²) in [5, 5.41) is 30.6. The van der Waals surface area contributed by atoms with E-state index in [0.717, 1.165) is 44.8 Å². The molecule has 0 fully saturated rings. The fourth-order valence-corrected chi connectivity index (χ4v) is 6.39. The molecule has 41 heavy (non-hydrogen) atoms. The van der Waals surface area contributed by atoms with Crippen molar-refractivity contribution in [1.82, 2.24) is 0 Å². The maximum Gasteiger partial charge on any atom is 0.303 e. The number of para-hydroxylation sites is 1. The van der Waals surface area contributed by atoms with Gasteiger partial charge in [0.05, 0.1) is 17.2 Å². The van der Waals surface area contributed by atoms with Gasteiger partial charge in [-0.25, -0.2) is 12.8 Å². The van der Waals surface area contributed by atoms with Gasteiger partial charge in [-0.1, -0.05) is 36.4 Å². The monoisotopic (exact) mass is 578 g/mol. The van der Waals surface area contributed by atoms with E-state index < -0.39 is 37.3 Å². The molecule has 0 spiro atoms. The van der Waals surface area contributed by atoms with Gasteiger partial charge < -0.3 is 10.2 Å². The number of carboxylic acid groups (broad SMARTS) is 1. The van der Waals surface area contributed by atoms with Gasteiger partial charge in [-0.3, -0.25) is 19.2 Å². The molecule has 0 unspecified atom stereocenters. The number of nitro benzene ring substituents is 1. The molecule has 0 amide bonds. The Balaban J connectivity index is 1.83. The summed E-state index contributed by atoms with van der Waals surface area (Å²) in [6, 6.07) is 18.9. The largest absolute Gasteiger partial charge is 0.508 e. The van der Waals surface area contributed by atoms with Gasteiger partial charge in [0.2, 0.25) is 0 Å². The van der Waals surface area contributed by atoms with Crippen molar-refractivity contribution in [3.05, 3.63) is 117 Å². The van der Waals surface area contributed by atoms with Gasteiger partial charge >= 0.3 is 5.97 Å². The van der Waals surface area contributed by atoms with Crippen molar-refractivity contribution in [3.63, 3.8) is 0 Å². The average Bonchev–Trinajstić information content (AvgIpc) is 2.90. The first-order chi connectivity index (χ1) is 19.4. The van der Waals surface area contributed by atoms with Gasteiger partial charge in [0.25, 0.3) is 15.7 Å². The van der Waals surface area contributed by atoms with Crippen molar-refractivity contribution in [2.24, 2.45) is 0 Å². The molecule has 0 saturated heterocycles. The zero-order valence-corrected chi connectivity index (χ0v) is 23.1. The third kappa shape index (κ3) is 6.36. The summed E-state index contributed by atoms with van der Waals surface area (Å²) in [5.41, 5.74) is 3.14. The zero-order valence-electron chi connectivity index (χ0n) is 22.2. The summed E-state index contributed by atoms with van der Waals surface area (Å²) < 4.78 is 43.9. The number of hydrogen-bond acceptors (Lipinski definition) is 6. The highest BCUT2D eigenvalue weighted by Crippen LogP contribution is 2.34. The number of nitro groups is 1. The summed E-state index contributed by atoms with van der Waals surface area (Å²) >= 11 is 0. The molecule has 0 atom stereocenters. The Morgan fingerprint density at radius 3 is 2.29 bits per heavy atom. The molecule has 0 saturated carbocycles. The number of phenols is 1. The van der Waals surface area contributed by atoms with Crippen molar-refractivity contribution >= 4 is 27.4 Å². The number of rotatable bonds is 10. The third-order valence-electron chi connectivity index (χ3n) is 6.62. The molecule has 0 bridgehead atoms. The lowest BCUT2D eigenvalue weighted by molar-refractivity contribution is -0.387. The van der Waals surface area contributed by atoms with Crippen LogP contribution in [0.1, 0.15) is 28.7 Å². The SMILES string of the molecule is Cc1cc(O)cc(C)c1-c1cccc(CN(c2ccc(CCC(=O)O)c(F)c2)S(=O)(=O)c2ccccc2[N+](=O)[O-])c1. The van der Waals surface area contributed by atoms with Crippen molar-refractivity contribution < 1.29 is 32.7 Å². The first-order valence-electron chi connectivity index (χ1n) is 12.5. The highest BCUT2D eigenvalue weighted by molar-refractivity contribution is 7.93. The number of halogens is 1. The van der Waals surface area contributed by atoms with Crippen LogP contribution in [0.4, 0.5) is 15.8 Å². The highest BCUT2D eigenvalue weighted by atomic mass is 32.2. The number of carboxylic acids is 1. The molecule has 4 aromatic rings. The van der Waals surface area contributed by atoms with Crippen molar-refractivity contribution in [2.45, 2.75) is 38.1 Å². The van der Waals surface area contributed by atoms with E-state index in [0.29, 0.717) is 5.56 Å². The van der Waals surface area contributed by atoms with Gasteiger partial charge in [-0.2, -0.15) is 0 Å². The number of benzene rings is 4. The Morgan fingerprint density at radius 1 is 0.976 bits per heavy atom. The van der Waals surface area contributed by atoms with Crippen LogP contribution in [0.2, 0.25) is 0 Å². The second kappa shape index (κ2) is 11.8. The lowest BCUT2D eigenvalue weighted by atomic mass is 9.94. The second-order valence-electron chi connectivity index (χ2n) is 9.56. The van der Waals surface area contributed by atoms with Crippen molar-refractivity contribution in [3.8, 4) is 16.9 Å². The van der Waals surface area contributed by atoms with E-state index in [1.165, 1.54) is 24.3 Å². The standard InChI is InChI=1S/C30H27FN2O7S/c1-19-14-25(34)15-20(2)30(19)23-7-5-6-21(16-23)18-32(24-12-10-22(26(31)17-24)11-13-29(35)36)41(39,40)28-9-4-3-8-27(28)33(37)38/h3-10,12,14-17,34H,11,13,18H2,1-2H3,(H,35,36). The summed E-state index contributed by atoms with van der Waals surface area (Å²) in [6.07, 6.45) is -0.400. The number of anilines is 1. The number of sulfonamides is 1. The number of hydrogen-bond donors (Lipinski definition) is 2. The molecule has 0 heterocycles. The minimum atomic E-state index is -4.58. The summed E-state index contributed by atoms with van der Waals surface area (Å²) in [5.74, 6) is -1.78. The minimum absolute atomic E-state index is 0.0814. The first kappa shape index (κ1) is 29.2. The molecule has 11 heteroatoms. The second-order valence-corrected chi connectivity index (χ2v) is 11.4. The van der Waals surface area contributed by atoms with Crippen LogP contribution < -0.4 is 4.31 Å². The molecule has 0 aliphatic heterocycles. The molecule has 4 rings (SSSR count). The van der Waals surface area contributed by atoms with E-state index in [9.17, 15) is 28.4 Å². The fourth-order valence-electron chi connectivity index (χ4n) is 4.78. The molecular formula is C30H27FN2O7S. The van der Waals surface area contributed by atoms with Gasteiger partial charge in [0, 0.05) is 12.5 Å². The van der Waals surface area contributed by atoms with Gasteiger partial charge in [0.15, 0.2) is 4.90 Å². The van der Waals surface area contributed by atoms with Crippen LogP contribution in [0.3, 0.4) is 0 Å². The molecule has 4 aromatic carbocycles. The van der Waals surface area contributed by atoms with Gasteiger partial charge in [0.1, 0.15) is 11.6 Å². The number of nitrogens with zero attached hydrogens (tertiary/aromatic N) is 2. The Hall–Kier alpha value is -4.77. The van der Waals surface area contributed by atoms with Gasteiger partial charge in [-0.15, -0.1) is 0 Å². The normalized spacial score (nSPS) is 11.3. The molecule has 212 valence electrons. The predicted molar refractivity (Wildman–Crippen MR) is 152 cm³/mol. The molecule has 2 N–H and O–H groups in total. The number of phenolic OH excluding ortho intramolecular Hbond substituents is 1. The van der Waals surface area contributed by atoms with Crippen LogP contribution in [-0.4, -0.2) is 29.5 Å². The van der Waals surface area contributed by atoms with Crippen molar-refractivity contribution in [1.29, 1.82) is 0 Å². The number of aliphatic carboxylic acids is 1. The minimum Gasteiger partial charge on any atom is -0.508 e. The molecule has 0 radical (unpaired) electrons. The van der Waals surface area contributed by atoms with E-state index in [1.807, 2.05) is 19.9 Å². The zero-order chi connectivity index (χ0) is 29.9. The van der Waals surface area contributed by atoms with Crippen LogP contribution in [0.25, 0.3) is 11.1 Å². The smallest absolute Gasteiger partial charge is 0.303 e. The molecule has 0 aliphatic carbocycles. The van der Waals surface area contributed by atoms with E-state index in [4.69, 9.17) is 5.11 Å². The fraction of sp³-hybridized carbons (Fsp3) is 0.167. The number of carbonyl (C=O) groups is 1. The van der Waals surface area contributed by atoms with E-state index in [2.05, 4.69) is 0 Å². The Labute approximate surface area is 236 Å². The topological polar surface area (TPSA) is 138 Å². The lowest BCUT2D eigenvalue weighted by Crippen LogP contribution is -2.31. The summed E-state index contributed by atoms with van der Waals surface area (Å²) in [4.78, 5) is 21.3. The van der Waals surface area contributed by atoms with E-state index >= 15 is 4.39 Å². The highest BCUT2D eigenvalue weighted by Gasteiger charge is 2.32. The van der Waals surface area contributed by atoms with Crippen LogP contribution in [0.5, 0.6) is 5.75 Å². The first-order valence-corrected chi connectivity index (χ1v) is 14.0. The molecule has 9 nitrogen and oxygen atoms in total. The maximum absolute atomic E-state index is 15.1. The van der Waals surface area contributed by atoms with Crippen LogP contribution in [0, 0.1) is 29.8 Å². The van der Waals surface area contributed by atoms with Crippen molar-refractivity contribution in [2.75, 3.05) is 4.31 Å². The summed E-state index contributed by atoms with van der Waals surface area (Å²) in [6.45, 7) is 3.40. The lowest BCUT2D eigenvalue weighted by Gasteiger charge is -2.25. The summed E-state index contributed by atoms with van der Waals surface area (Å²) in [7, 11) is -4.58. The van der Waals surface area contributed by atoms with Crippen LogP contribution in [0.15, 0.2) is 83.8 Å². The van der Waals surface area contributed by atoms with Crippen LogP contribution >= 0.6 is 0 Å². The van der Waals surface area contributed by atoms with E-state index in [1.54, 1.807) is 30.3 Å². The number of aryl methyl sites for hydroxylation is 3. The number of aromatic hydroxyl groups is 1. The predicted octanol–water partition coefficient (Wildman–Crippen LogP) is 6.14. The molecule has 0 aromatic heterocycles. The van der Waals surface area contributed by atoms with Crippen LogP contribution in [-0.2, 0) is 27.8 Å². The van der Waals surface area contributed by atoms with E-state index in [-0.39, 0.29) is 36.4 Å². The Morgan fingerprint density at radius 2 is 1.66 bits per heavy atom. The molecular weight excluding hydrogens is 551 g/mol. The quantitative estimate of drug-likeness (QED) is 0.170. The Bertz CT molecular complexity index is 1730. The molecule has 0 aliphatic rings. The maximum atomic E-state index is 15.1. The van der Waals surface area contributed by atoms with Gasteiger partial charge in [-0.05, 0) is 90.0 Å².